The van der Waals surface area contributed by atoms with E-state index in [0.29, 0.717) is 23.1 Å². The predicted octanol–water partition coefficient (Wildman–Crippen LogP) is 3.01. The number of halogens is 1. The molecule has 108 valence electrons. The molecule has 0 unspecified atom stereocenters. The van der Waals surface area contributed by atoms with Gasteiger partial charge in [-0.05, 0) is 13.0 Å². The van der Waals surface area contributed by atoms with Crippen LogP contribution >= 0.6 is 11.6 Å². The van der Waals surface area contributed by atoms with E-state index in [1.54, 1.807) is 31.0 Å². The highest BCUT2D eigenvalue weighted by molar-refractivity contribution is 6.32. The number of hydrogen-bond donors (Lipinski definition) is 1. The average molecular weight is 296 g/mol. The van der Waals surface area contributed by atoms with Crippen LogP contribution in [0.1, 0.15) is 11.3 Å². The third-order valence-corrected chi connectivity index (χ3v) is 3.35. The van der Waals surface area contributed by atoms with Crippen LogP contribution in [-0.2, 0) is 13.6 Å². The Balaban J connectivity index is 2.20. The minimum atomic E-state index is 0.540. The molecule has 0 aliphatic carbocycles. The number of aromatic nitrogens is 2. The maximum atomic E-state index is 6.14. The molecule has 1 heterocycles. The zero-order valence-corrected chi connectivity index (χ0v) is 12.8. The Morgan fingerprint density at radius 2 is 1.95 bits per heavy atom. The van der Waals surface area contributed by atoms with Crippen LogP contribution in [0, 0.1) is 6.92 Å². The second-order valence-electron chi connectivity index (χ2n) is 4.45. The van der Waals surface area contributed by atoms with Crippen molar-refractivity contribution in [3.63, 3.8) is 0 Å². The van der Waals surface area contributed by atoms with E-state index in [9.17, 15) is 0 Å². The Bertz CT molecular complexity index is 611. The second-order valence-corrected chi connectivity index (χ2v) is 4.86. The summed E-state index contributed by atoms with van der Waals surface area (Å²) in [7, 11) is 5.09. The van der Waals surface area contributed by atoms with Crippen LogP contribution in [0.25, 0.3) is 0 Å². The fraction of sp³-hybridized carbons (Fsp3) is 0.357. The highest BCUT2D eigenvalue weighted by atomic mass is 35.5. The molecule has 2 rings (SSSR count). The van der Waals surface area contributed by atoms with Crippen LogP contribution in [0.4, 0.5) is 5.69 Å². The number of methoxy groups -OCH3 is 2. The van der Waals surface area contributed by atoms with Crippen LogP contribution in [0.5, 0.6) is 11.5 Å². The molecule has 0 aliphatic heterocycles. The Hall–Kier alpha value is -1.88. The van der Waals surface area contributed by atoms with Gasteiger partial charge in [0.15, 0.2) is 0 Å². The third-order valence-electron chi connectivity index (χ3n) is 3.06. The molecule has 0 amide bonds. The van der Waals surface area contributed by atoms with Gasteiger partial charge in [-0.3, -0.25) is 4.68 Å². The summed E-state index contributed by atoms with van der Waals surface area (Å²) in [5.41, 5.74) is 2.95. The monoisotopic (exact) mass is 295 g/mol. The van der Waals surface area contributed by atoms with Gasteiger partial charge in [0.05, 0.1) is 30.6 Å². The maximum absolute atomic E-state index is 6.14. The molecule has 0 fully saturated rings. The van der Waals surface area contributed by atoms with E-state index in [-0.39, 0.29) is 0 Å². The first kappa shape index (κ1) is 14.5. The molecular weight excluding hydrogens is 278 g/mol. The molecule has 20 heavy (non-hydrogen) atoms. The zero-order chi connectivity index (χ0) is 14.7. The molecule has 0 aliphatic rings. The number of ether oxygens (including phenoxy) is 2. The molecule has 1 aromatic heterocycles. The zero-order valence-electron chi connectivity index (χ0n) is 12.0. The molecule has 0 radical (unpaired) electrons. The van der Waals surface area contributed by atoms with Crippen LogP contribution in [0.15, 0.2) is 18.3 Å². The lowest BCUT2D eigenvalue weighted by molar-refractivity contribution is 0.395. The largest absolute Gasteiger partial charge is 0.495 e. The fourth-order valence-corrected chi connectivity index (χ4v) is 2.25. The fourth-order valence-electron chi connectivity index (χ4n) is 2.01. The number of anilines is 1. The molecule has 0 atom stereocenters. The number of nitrogens with one attached hydrogen (secondary N) is 1. The minimum Gasteiger partial charge on any atom is -0.495 e. The van der Waals surface area contributed by atoms with Crippen molar-refractivity contribution in [1.82, 2.24) is 9.78 Å². The van der Waals surface area contributed by atoms with Gasteiger partial charge in [0.2, 0.25) is 0 Å². The summed E-state index contributed by atoms with van der Waals surface area (Å²) in [5, 5.41) is 8.16. The SMILES string of the molecule is COc1cc(OC)c(NCc2cn(C)nc2C)cc1Cl. The van der Waals surface area contributed by atoms with Gasteiger partial charge in [0.1, 0.15) is 11.5 Å². The molecule has 0 bridgehead atoms. The van der Waals surface area contributed by atoms with Crippen LogP contribution < -0.4 is 14.8 Å². The summed E-state index contributed by atoms with van der Waals surface area (Å²) >= 11 is 6.14. The summed E-state index contributed by atoms with van der Waals surface area (Å²) in [6.07, 6.45) is 1.99. The summed E-state index contributed by atoms with van der Waals surface area (Å²) in [4.78, 5) is 0. The molecule has 1 aromatic carbocycles. The Labute approximate surface area is 123 Å². The Morgan fingerprint density at radius 3 is 2.50 bits per heavy atom. The molecule has 0 saturated carbocycles. The number of benzene rings is 1. The summed E-state index contributed by atoms with van der Waals surface area (Å²) in [6.45, 7) is 2.63. The maximum Gasteiger partial charge on any atom is 0.145 e. The van der Waals surface area contributed by atoms with Gasteiger partial charge in [-0.2, -0.15) is 5.10 Å². The molecular formula is C14H18ClN3O2. The first-order valence-electron chi connectivity index (χ1n) is 6.19. The van der Waals surface area contributed by atoms with E-state index >= 15 is 0 Å². The van der Waals surface area contributed by atoms with E-state index in [0.717, 1.165) is 16.9 Å². The van der Waals surface area contributed by atoms with Crippen molar-refractivity contribution < 1.29 is 9.47 Å². The number of rotatable bonds is 5. The van der Waals surface area contributed by atoms with Crippen LogP contribution in [-0.4, -0.2) is 24.0 Å². The smallest absolute Gasteiger partial charge is 0.145 e. The lowest BCUT2D eigenvalue weighted by atomic mass is 10.2. The molecule has 2 aromatic rings. The van der Waals surface area contributed by atoms with Crippen molar-refractivity contribution >= 4 is 17.3 Å². The van der Waals surface area contributed by atoms with Crippen molar-refractivity contribution in [2.45, 2.75) is 13.5 Å². The molecule has 6 heteroatoms. The first-order valence-corrected chi connectivity index (χ1v) is 6.57. The van der Waals surface area contributed by atoms with Gasteiger partial charge >= 0.3 is 0 Å². The van der Waals surface area contributed by atoms with E-state index in [4.69, 9.17) is 21.1 Å². The van der Waals surface area contributed by atoms with Crippen molar-refractivity contribution in [2.75, 3.05) is 19.5 Å². The Kier molecular flexibility index (Phi) is 4.39. The van der Waals surface area contributed by atoms with Crippen LogP contribution in [0.3, 0.4) is 0 Å². The predicted molar refractivity (Wildman–Crippen MR) is 79.8 cm³/mol. The lowest BCUT2D eigenvalue weighted by Gasteiger charge is -2.13. The van der Waals surface area contributed by atoms with Crippen molar-refractivity contribution in [1.29, 1.82) is 0 Å². The molecule has 0 saturated heterocycles. The topological polar surface area (TPSA) is 48.3 Å². The van der Waals surface area contributed by atoms with Gasteiger partial charge in [-0.1, -0.05) is 11.6 Å². The van der Waals surface area contributed by atoms with Crippen molar-refractivity contribution in [2.24, 2.45) is 7.05 Å². The standard InChI is InChI=1S/C14H18ClN3O2/c1-9-10(8-18(2)17-9)7-16-12-5-11(15)13(19-3)6-14(12)20-4/h5-6,8,16H,7H2,1-4H3. The van der Waals surface area contributed by atoms with Gasteiger partial charge < -0.3 is 14.8 Å². The molecule has 1 N–H and O–H groups in total. The molecule has 5 nitrogen and oxygen atoms in total. The number of hydrogen-bond acceptors (Lipinski definition) is 4. The Morgan fingerprint density at radius 1 is 1.25 bits per heavy atom. The van der Waals surface area contributed by atoms with Gasteiger partial charge in [0.25, 0.3) is 0 Å². The van der Waals surface area contributed by atoms with E-state index in [2.05, 4.69) is 10.4 Å². The minimum absolute atomic E-state index is 0.540. The quantitative estimate of drug-likeness (QED) is 0.921. The molecule has 0 spiro atoms. The van der Waals surface area contributed by atoms with Crippen LogP contribution in [0.2, 0.25) is 5.02 Å². The normalized spacial score (nSPS) is 10.4. The van der Waals surface area contributed by atoms with Gasteiger partial charge in [0, 0.05) is 31.4 Å². The van der Waals surface area contributed by atoms with E-state index in [1.165, 1.54) is 0 Å². The summed E-state index contributed by atoms with van der Waals surface area (Å²) in [5.74, 6) is 1.28. The highest BCUT2D eigenvalue weighted by Gasteiger charge is 2.10. The first-order chi connectivity index (χ1) is 9.55. The third kappa shape index (κ3) is 2.99. The average Bonchev–Trinajstić information content (AvgIpc) is 2.74. The van der Waals surface area contributed by atoms with Crippen molar-refractivity contribution in [3.05, 3.63) is 34.6 Å². The van der Waals surface area contributed by atoms with E-state index < -0.39 is 0 Å². The summed E-state index contributed by atoms with van der Waals surface area (Å²) < 4.78 is 12.3. The van der Waals surface area contributed by atoms with E-state index in [1.807, 2.05) is 20.2 Å². The second kappa shape index (κ2) is 6.05. The van der Waals surface area contributed by atoms with Crippen molar-refractivity contribution in [3.8, 4) is 11.5 Å². The number of nitrogens with zero attached hydrogens (tertiary/aromatic N) is 2. The summed E-state index contributed by atoms with van der Waals surface area (Å²) in [6, 6.07) is 3.56. The lowest BCUT2D eigenvalue weighted by Crippen LogP contribution is -2.02. The van der Waals surface area contributed by atoms with Gasteiger partial charge in [-0.15, -0.1) is 0 Å². The number of aryl methyl sites for hydroxylation is 2. The highest BCUT2D eigenvalue weighted by Crippen LogP contribution is 2.36. The van der Waals surface area contributed by atoms with Gasteiger partial charge in [-0.25, -0.2) is 0 Å².